The number of para-hydroxylation sites is 2. The van der Waals surface area contributed by atoms with Crippen molar-refractivity contribution in [2.24, 2.45) is 0 Å². The first-order valence-electron chi connectivity index (χ1n) is 7.82. The number of nitrogens with one attached hydrogen (secondary N) is 1. The first kappa shape index (κ1) is 15.1. The number of nitriles is 1. The second-order valence-electron chi connectivity index (χ2n) is 5.85. The van der Waals surface area contributed by atoms with Crippen LogP contribution in [0.1, 0.15) is 24.5 Å². The summed E-state index contributed by atoms with van der Waals surface area (Å²) >= 11 is 0. The van der Waals surface area contributed by atoms with Gasteiger partial charge in [-0.3, -0.25) is 4.79 Å². The number of anilines is 2. The lowest BCUT2D eigenvalue weighted by Gasteiger charge is -2.36. The van der Waals surface area contributed by atoms with Crippen LogP contribution in [0, 0.1) is 11.3 Å². The van der Waals surface area contributed by atoms with E-state index in [-0.39, 0.29) is 12.5 Å². The summed E-state index contributed by atoms with van der Waals surface area (Å²) in [4.78, 5) is 14.6. The van der Waals surface area contributed by atoms with Gasteiger partial charge in [-0.1, -0.05) is 30.3 Å². The summed E-state index contributed by atoms with van der Waals surface area (Å²) in [6.07, 6.45) is 2.09. The van der Waals surface area contributed by atoms with Crippen LogP contribution in [0.4, 0.5) is 11.4 Å². The quantitative estimate of drug-likeness (QED) is 0.946. The largest absolute Gasteiger partial charge is 0.359 e. The molecule has 23 heavy (non-hydrogen) atoms. The summed E-state index contributed by atoms with van der Waals surface area (Å²) in [7, 11) is 0. The molecule has 0 radical (unpaired) electrons. The van der Waals surface area contributed by atoms with Crippen molar-refractivity contribution in [3.63, 3.8) is 0 Å². The number of carbonyl (C=O) groups is 1. The molecule has 0 aliphatic carbocycles. The minimum atomic E-state index is -0.101. The molecule has 1 aliphatic heterocycles. The Morgan fingerprint density at radius 1 is 1.26 bits per heavy atom. The van der Waals surface area contributed by atoms with E-state index in [2.05, 4.69) is 35.3 Å². The molecule has 1 aliphatic rings. The maximum absolute atomic E-state index is 12.4. The highest BCUT2D eigenvalue weighted by Crippen LogP contribution is 2.30. The summed E-state index contributed by atoms with van der Waals surface area (Å²) < 4.78 is 0. The van der Waals surface area contributed by atoms with Crippen LogP contribution in [0.2, 0.25) is 0 Å². The predicted octanol–water partition coefficient (Wildman–Crippen LogP) is 3.34. The number of amides is 1. The van der Waals surface area contributed by atoms with E-state index in [0.717, 1.165) is 18.5 Å². The first-order chi connectivity index (χ1) is 11.2. The van der Waals surface area contributed by atoms with Crippen LogP contribution < -0.4 is 10.2 Å². The Bertz CT molecular complexity index is 763. The number of aryl methyl sites for hydroxylation is 1. The van der Waals surface area contributed by atoms with E-state index in [1.54, 1.807) is 18.2 Å². The molecule has 2 aromatic rings. The molecule has 0 aromatic heterocycles. The number of hydrogen-bond acceptors (Lipinski definition) is 3. The van der Waals surface area contributed by atoms with Gasteiger partial charge in [0.1, 0.15) is 6.07 Å². The smallest absolute Gasteiger partial charge is 0.243 e. The van der Waals surface area contributed by atoms with Crippen molar-refractivity contribution in [3.8, 4) is 6.07 Å². The lowest BCUT2D eigenvalue weighted by Crippen LogP contribution is -2.42. The summed E-state index contributed by atoms with van der Waals surface area (Å²) in [6.45, 7) is 2.43. The molecule has 4 nitrogen and oxygen atoms in total. The monoisotopic (exact) mass is 305 g/mol. The van der Waals surface area contributed by atoms with Crippen molar-refractivity contribution in [1.29, 1.82) is 5.26 Å². The van der Waals surface area contributed by atoms with Crippen LogP contribution in [0.3, 0.4) is 0 Å². The molecule has 1 heterocycles. The van der Waals surface area contributed by atoms with E-state index < -0.39 is 0 Å². The summed E-state index contributed by atoms with van der Waals surface area (Å²) in [5.74, 6) is -0.101. The molecule has 116 valence electrons. The standard InChI is InChI=1S/C19H19N3O/c1-14-10-11-15-6-3-5-9-18(15)22(14)13-19(23)21-17-8-4-2-7-16(17)12-20/h2-9,14H,10-11,13H2,1H3,(H,21,23)/t14-/m0/s1. The van der Waals surface area contributed by atoms with Crippen molar-refractivity contribution in [3.05, 3.63) is 59.7 Å². The molecule has 0 bridgehead atoms. The summed E-state index contributed by atoms with van der Waals surface area (Å²) in [5.41, 5.74) is 3.47. The topological polar surface area (TPSA) is 56.1 Å². The van der Waals surface area contributed by atoms with Gasteiger partial charge < -0.3 is 10.2 Å². The minimum absolute atomic E-state index is 0.101. The SMILES string of the molecule is C[C@H]1CCc2ccccc2N1CC(=O)Nc1ccccc1C#N. The van der Waals surface area contributed by atoms with Crippen LogP contribution >= 0.6 is 0 Å². The van der Waals surface area contributed by atoms with Gasteiger partial charge in [-0.2, -0.15) is 5.26 Å². The zero-order valence-electron chi connectivity index (χ0n) is 13.1. The summed E-state index contributed by atoms with van der Waals surface area (Å²) in [6, 6.07) is 17.7. The number of carbonyl (C=O) groups excluding carboxylic acids is 1. The molecule has 0 spiro atoms. The Morgan fingerprint density at radius 2 is 2.00 bits per heavy atom. The molecule has 3 rings (SSSR count). The normalized spacial score (nSPS) is 16.3. The second kappa shape index (κ2) is 6.53. The van der Waals surface area contributed by atoms with Crippen LogP contribution in [0.15, 0.2) is 48.5 Å². The van der Waals surface area contributed by atoms with E-state index in [0.29, 0.717) is 17.3 Å². The van der Waals surface area contributed by atoms with E-state index in [9.17, 15) is 4.79 Å². The fourth-order valence-corrected chi connectivity index (χ4v) is 3.04. The van der Waals surface area contributed by atoms with E-state index in [4.69, 9.17) is 5.26 Å². The number of fused-ring (bicyclic) bond motifs is 1. The van der Waals surface area contributed by atoms with Crippen molar-refractivity contribution in [1.82, 2.24) is 0 Å². The van der Waals surface area contributed by atoms with Crippen LogP contribution in [0.25, 0.3) is 0 Å². The number of hydrogen-bond donors (Lipinski definition) is 1. The molecule has 1 N–H and O–H groups in total. The molecule has 0 saturated carbocycles. The van der Waals surface area contributed by atoms with Gasteiger partial charge in [0.15, 0.2) is 0 Å². The highest BCUT2D eigenvalue weighted by molar-refractivity contribution is 5.95. The molecule has 0 fully saturated rings. The van der Waals surface area contributed by atoms with Gasteiger partial charge in [-0.05, 0) is 43.5 Å². The Labute approximate surface area is 136 Å². The fourth-order valence-electron chi connectivity index (χ4n) is 3.04. The second-order valence-corrected chi connectivity index (χ2v) is 5.85. The van der Waals surface area contributed by atoms with E-state index in [1.807, 2.05) is 18.2 Å². The fraction of sp³-hybridized carbons (Fsp3) is 0.263. The number of rotatable bonds is 3. The van der Waals surface area contributed by atoms with Crippen molar-refractivity contribution < 1.29 is 4.79 Å². The third kappa shape index (κ3) is 3.19. The molecule has 2 aromatic carbocycles. The zero-order valence-corrected chi connectivity index (χ0v) is 13.1. The van der Waals surface area contributed by atoms with Crippen molar-refractivity contribution in [2.45, 2.75) is 25.8 Å². The average Bonchev–Trinajstić information content (AvgIpc) is 2.58. The van der Waals surface area contributed by atoms with E-state index in [1.165, 1.54) is 5.56 Å². The average molecular weight is 305 g/mol. The molecule has 0 saturated heterocycles. The zero-order chi connectivity index (χ0) is 16.2. The Morgan fingerprint density at radius 3 is 2.83 bits per heavy atom. The van der Waals surface area contributed by atoms with Crippen LogP contribution in [0.5, 0.6) is 0 Å². The van der Waals surface area contributed by atoms with Gasteiger partial charge in [-0.25, -0.2) is 0 Å². The highest BCUT2D eigenvalue weighted by atomic mass is 16.2. The maximum Gasteiger partial charge on any atom is 0.243 e. The molecule has 1 amide bonds. The first-order valence-corrected chi connectivity index (χ1v) is 7.82. The Hall–Kier alpha value is -2.80. The lowest BCUT2D eigenvalue weighted by molar-refractivity contribution is -0.115. The van der Waals surface area contributed by atoms with Crippen LogP contribution in [-0.2, 0) is 11.2 Å². The minimum Gasteiger partial charge on any atom is -0.359 e. The third-order valence-corrected chi connectivity index (χ3v) is 4.30. The third-order valence-electron chi connectivity index (χ3n) is 4.30. The molecular weight excluding hydrogens is 286 g/mol. The number of nitrogens with zero attached hydrogens (tertiary/aromatic N) is 2. The Balaban J connectivity index is 1.77. The molecule has 0 unspecified atom stereocenters. The van der Waals surface area contributed by atoms with Gasteiger partial charge in [0.25, 0.3) is 0 Å². The summed E-state index contributed by atoms with van der Waals surface area (Å²) in [5, 5.41) is 12.0. The van der Waals surface area contributed by atoms with Gasteiger partial charge in [-0.15, -0.1) is 0 Å². The van der Waals surface area contributed by atoms with Gasteiger partial charge in [0.05, 0.1) is 17.8 Å². The highest BCUT2D eigenvalue weighted by Gasteiger charge is 2.24. The predicted molar refractivity (Wildman–Crippen MR) is 91.4 cm³/mol. The molecule has 1 atom stereocenters. The van der Waals surface area contributed by atoms with Crippen LogP contribution in [-0.4, -0.2) is 18.5 Å². The lowest BCUT2D eigenvalue weighted by atomic mass is 9.96. The Kier molecular flexibility index (Phi) is 4.29. The van der Waals surface area contributed by atoms with Gasteiger partial charge >= 0.3 is 0 Å². The molecule has 4 heteroatoms. The maximum atomic E-state index is 12.4. The van der Waals surface area contributed by atoms with Crippen molar-refractivity contribution >= 4 is 17.3 Å². The van der Waals surface area contributed by atoms with Gasteiger partial charge in [0.2, 0.25) is 5.91 Å². The number of benzene rings is 2. The molecular formula is C19H19N3O. The van der Waals surface area contributed by atoms with E-state index >= 15 is 0 Å². The van der Waals surface area contributed by atoms with Crippen molar-refractivity contribution in [2.75, 3.05) is 16.8 Å². The van der Waals surface area contributed by atoms with Gasteiger partial charge in [0, 0.05) is 11.7 Å².